The van der Waals surface area contributed by atoms with Crippen LogP contribution in [0.5, 0.6) is 0 Å². The number of carbonyl (C=O) groups is 1. The van der Waals surface area contributed by atoms with Gasteiger partial charge in [0.15, 0.2) is 0 Å². The Morgan fingerprint density at radius 3 is 2.39 bits per heavy atom. The Balaban J connectivity index is 1.81. The van der Waals surface area contributed by atoms with Gasteiger partial charge in [0.2, 0.25) is 15.4 Å². The van der Waals surface area contributed by atoms with Crippen molar-refractivity contribution in [3.8, 4) is 11.3 Å². The maximum atomic E-state index is 13.8. The summed E-state index contributed by atoms with van der Waals surface area (Å²) in [7, 11) is -11.0. The zero-order chi connectivity index (χ0) is 41.1. The lowest BCUT2D eigenvalue weighted by Crippen LogP contribution is -2.32. The largest absolute Gasteiger partial charge is 0.481 e. The summed E-state index contributed by atoms with van der Waals surface area (Å²) in [5, 5.41) is 9.97. The maximum absolute atomic E-state index is 13.8. The quantitative estimate of drug-likeness (QED) is 0.0629. The summed E-state index contributed by atoms with van der Waals surface area (Å²) < 4.78 is 108. The van der Waals surface area contributed by atoms with Gasteiger partial charge in [0.25, 0.3) is 20.2 Å². The van der Waals surface area contributed by atoms with Crippen molar-refractivity contribution in [3.63, 3.8) is 0 Å². The first-order valence-electron chi connectivity index (χ1n) is 18.4. The first-order valence-corrected chi connectivity index (χ1v) is 23.1. The lowest BCUT2D eigenvalue weighted by atomic mass is 9.77. The molecule has 0 saturated carbocycles. The molecule has 1 atom stereocenters. The number of allylic oxidation sites excluding steroid dienone is 3. The Hall–Kier alpha value is -3.91. The van der Waals surface area contributed by atoms with E-state index in [0.29, 0.717) is 61.6 Å². The van der Waals surface area contributed by atoms with E-state index in [9.17, 15) is 34.6 Å². The molecule has 1 aliphatic carbocycles. The Morgan fingerprint density at radius 1 is 0.982 bits per heavy atom. The van der Waals surface area contributed by atoms with Crippen LogP contribution < -0.4 is 19.6 Å². The van der Waals surface area contributed by atoms with Crippen molar-refractivity contribution in [2.24, 2.45) is 0 Å². The van der Waals surface area contributed by atoms with E-state index < -0.39 is 47.4 Å². The first-order chi connectivity index (χ1) is 26.4. The number of methoxy groups -OCH3 is 1. The molecule has 1 aromatic carbocycles. The molecule has 0 radical (unpaired) electrons. The molecule has 2 heterocycles. The average molecular weight is 839 g/mol. The van der Waals surface area contributed by atoms with Crippen LogP contribution in [0.4, 0.5) is 5.69 Å². The van der Waals surface area contributed by atoms with Crippen molar-refractivity contribution >= 4 is 48.0 Å². The van der Waals surface area contributed by atoms with E-state index in [0.717, 1.165) is 16.5 Å². The Labute approximate surface area is 329 Å². The second-order valence-electron chi connectivity index (χ2n) is 13.8. The fraction of sp³-hybridized carbons (Fsp3) is 0.474. The zero-order valence-electron chi connectivity index (χ0n) is 31.9. The number of fused-ring (bicyclic) bond motifs is 2. The van der Waals surface area contributed by atoms with E-state index >= 15 is 0 Å². The van der Waals surface area contributed by atoms with Gasteiger partial charge in [-0.2, -0.15) is 16.8 Å². The Kier molecular flexibility index (Phi) is 15.6. The molecule has 1 aromatic rings. The van der Waals surface area contributed by atoms with Gasteiger partial charge in [-0.1, -0.05) is 24.6 Å². The highest BCUT2D eigenvalue weighted by molar-refractivity contribution is 7.89. The predicted octanol–water partition coefficient (Wildman–Crippen LogP) is 4.37. The van der Waals surface area contributed by atoms with Crippen LogP contribution in [0.3, 0.4) is 0 Å². The SMILES string of the molecule is CC[N+](CCCS(=O)(=O)O)=c1ccc2c(/C=C/C=C3/N(CCCCCC(=O)O)c4cccc(S(=O)(=O)NCCOC)c4C3(C)CCCS(=O)(=O)O)ccoc-2c1. The van der Waals surface area contributed by atoms with E-state index in [2.05, 4.69) is 4.72 Å². The number of nitrogens with one attached hydrogen (secondary N) is 1. The third kappa shape index (κ3) is 12.0. The number of hydrogen-bond acceptors (Lipinski definition) is 10. The number of aliphatic carboxylic acids is 1. The molecule has 2 aliphatic heterocycles. The molecule has 18 heteroatoms. The molecule has 0 bridgehead atoms. The Morgan fingerprint density at radius 2 is 1.71 bits per heavy atom. The smallest absolute Gasteiger partial charge is 0.303 e. The number of sulfonamides is 1. The van der Waals surface area contributed by atoms with E-state index in [4.69, 9.17) is 18.8 Å². The van der Waals surface area contributed by atoms with Crippen LogP contribution in [-0.2, 0) is 45.2 Å². The van der Waals surface area contributed by atoms with Gasteiger partial charge >= 0.3 is 5.97 Å². The van der Waals surface area contributed by atoms with Gasteiger partial charge in [-0.3, -0.25) is 13.9 Å². The molecule has 0 fully saturated rings. The van der Waals surface area contributed by atoms with Crippen LogP contribution in [0, 0.1) is 0 Å². The lowest BCUT2D eigenvalue weighted by molar-refractivity contribution is -0.137. The molecule has 4 N–H and O–H groups in total. The third-order valence-corrected chi connectivity index (χ3v) is 12.9. The van der Waals surface area contributed by atoms with Crippen LogP contribution in [0.1, 0.15) is 69.9 Å². The van der Waals surface area contributed by atoms with E-state index in [-0.39, 0.29) is 49.5 Å². The summed E-state index contributed by atoms with van der Waals surface area (Å²) in [5.41, 5.74) is 2.36. The second-order valence-corrected chi connectivity index (χ2v) is 18.7. The topological polar surface area (TPSA) is 221 Å². The molecule has 0 amide bonds. The number of carboxylic acid groups (broad SMARTS) is 1. The summed E-state index contributed by atoms with van der Waals surface area (Å²) >= 11 is 0. The molecule has 0 spiro atoms. The van der Waals surface area contributed by atoms with Crippen LogP contribution in [0.15, 0.2) is 75.9 Å². The number of unbranched alkanes of at least 4 members (excludes halogenated alkanes) is 2. The molecule has 4 rings (SSSR count). The molecular formula is C38H52N3O12S3+. The number of hydrogen-bond donors (Lipinski definition) is 4. The predicted molar refractivity (Wildman–Crippen MR) is 214 cm³/mol. The highest BCUT2D eigenvalue weighted by atomic mass is 32.2. The molecule has 3 aliphatic rings. The van der Waals surface area contributed by atoms with Crippen LogP contribution in [0.2, 0.25) is 0 Å². The normalized spacial score (nSPS) is 17.6. The number of nitrogens with zero attached hydrogens (tertiary/aromatic N) is 2. The summed E-state index contributed by atoms with van der Waals surface area (Å²) in [5.74, 6) is -1.18. The van der Waals surface area contributed by atoms with Crippen molar-refractivity contribution in [1.29, 1.82) is 0 Å². The standard InChI is InChI=1S/C38H51N3O12S3/c1-4-40(22-11-27-55(47,48)49)30-17-18-31-29(19-24-53-33(31)28-30)12-8-15-35-38(2,20-10-26-54(44,45)46)37-32(41(35)23-7-5-6-16-36(42)43)13-9-14-34(37)56(50,51)39-21-25-52-3/h8-9,12-15,17-19,24,28,39H,4-7,10-11,16,20-23,25-27H2,1-3H3,(H2-,42,43,44,45,46,47,48,49)/p+1. The maximum Gasteiger partial charge on any atom is 0.303 e. The minimum atomic E-state index is -4.31. The van der Waals surface area contributed by atoms with E-state index in [1.165, 1.54) is 13.2 Å². The van der Waals surface area contributed by atoms with E-state index in [1.54, 1.807) is 18.4 Å². The fourth-order valence-electron chi connectivity index (χ4n) is 7.14. The molecule has 308 valence electrons. The number of anilines is 1. The third-order valence-electron chi connectivity index (χ3n) is 9.77. The molecule has 0 aromatic heterocycles. The second kappa shape index (κ2) is 19.5. The number of benzene rings is 2. The van der Waals surface area contributed by atoms with Crippen LogP contribution in [-0.4, -0.2) is 96.8 Å². The van der Waals surface area contributed by atoms with Crippen molar-refractivity contribution < 1.29 is 53.4 Å². The monoisotopic (exact) mass is 838 g/mol. The van der Waals surface area contributed by atoms with E-state index in [1.807, 2.05) is 65.8 Å². The van der Waals surface area contributed by atoms with Gasteiger partial charge in [0.05, 0.1) is 35.3 Å². The first kappa shape index (κ1) is 44.8. The highest BCUT2D eigenvalue weighted by Gasteiger charge is 2.46. The average Bonchev–Trinajstić information content (AvgIpc) is 3.35. The molecule has 0 saturated heterocycles. The van der Waals surface area contributed by atoms with Crippen LogP contribution >= 0.6 is 0 Å². The molecule has 15 nitrogen and oxygen atoms in total. The summed E-state index contributed by atoms with van der Waals surface area (Å²) in [6.45, 7) is 5.41. The minimum absolute atomic E-state index is 0.0221. The molecular weight excluding hydrogens is 787 g/mol. The number of carboxylic acids is 1. The van der Waals surface area contributed by atoms with Crippen molar-refractivity contribution in [1.82, 2.24) is 9.30 Å². The number of ether oxygens (including phenoxy) is 1. The van der Waals surface area contributed by atoms with Crippen molar-refractivity contribution in [3.05, 3.63) is 83.1 Å². The summed E-state index contributed by atoms with van der Waals surface area (Å²) in [6, 6.07) is 12.4. The van der Waals surface area contributed by atoms with Crippen molar-refractivity contribution in [2.45, 2.75) is 69.1 Å². The van der Waals surface area contributed by atoms with Gasteiger partial charge < -0.3 is 19.2 Å². The zero-order valence-corrected chi connectivity index (χ0v) is 34.3. The highest BCUT2D eigenvalue weighted by Crippen LogP contribution is 2.53. The van der Waals surface area contributed by atoms with Gasteiger partial charge in [0.1, 0.15) is 18.8 Å². The molecule has 56 heavy (non-hydrogen) atoms. The van der Waals surface area contributed by atoms with Gasteiger partial charge in [-0.25, -0.2) is 17.7 Å². The fourth-order valence-corrected chi connectivity index (χ4v) is 9.51. The lowest BCUT2D eigenvalue weighted by Gasteiger charge is -2.31. The van der Waals surface area contributed by atoms with Gasteiger partial charge in [0, 0.05) is 67.0 Å². The number of rotatable bonds is 22. The van der Waals surface area contributed by atoms with Crippen LogP contribution in [0.25, 0.3) is 17.4 Å². The minimum Gasteiger partial charge on any atom is -0.481 e. The summed E-state index contributed by atoms with van der Waals surface area (Å²) in [6.07, 6.45) is 9.28. The molecule has 1 unspecified atom stereocenters. The van der Waals surface area contributed by atoms with Gasteiger partial charge in [-0.15, -0.1) is 0 Å². The Bertz CT molecular complexity index is 2280. The van der Waals surface area contributed by atoms with Gasteiger partial charge in [-0.05, 0) is 75.4 Å². The summed E-state index contributed by atoms with van der Waals surface area (Å²) in [4.78, 5) is 13.2. The van der Waals surface area contributed by atoms with Crippen molar-refractivity contribution in [2.75, 3.05) is 56.3 Å².